The number of nitrogens with one attached hydrogen (secondary N) is 1. The molecule has 28 heavy (non-hydrogen) atoms. The Labute approximate surface area is 167 Å². The van der Waals surface area contributed by atoms with Crippen LogP contribution < -0.4 is 5.32 Å². The van der Waals surface area contributed by atoms with Crippen molar-refractivity contribution < 1.29 is 9.13 Å². The molecule has 1 atom stereocenters. The van der Waals surface area contributed by atoms with Gasteiger partial charge in [-0.2, -0.15) is 0 Å². The van der Waals surface area contributed by atoms with Crippen LogP contribution in [-0.4, -0.2) is 43.6 Å². The lowest BCUT2D eigenvalue weighted by Gasteiger charge is -2.21. The van der Waals surface area contributed by atoms with E-state index < -0.39 is 0 Å². The minimum absolute atomic E-state index is 0.153. The van der Waals surface area contributed by atoms with Crippen molar-refractivity contribution >= 4 is 5.96 Å². The maximum Gasteiger partial charge on any atom is 0.193 e. The van der Waals surface area contributed by atoms with E-state index in [1.165, 1.54) is 11.6 Å². The fourth-order valence-corrected chi connectivity index (χ4v) is 3.49. The van der Waals surface area contributed by atoms with Crippen molar-refractivity contribution in [2.24, 2.45) is 10.9 Å². The Morgan fingerprint density at radius 1 is 1.18 bits per heavy atom. The van der Waals surface area contributed by atoms with Crippen LogP contribution in [0.3, 0.4) is 0 Å². The van der Waals surface area contributed by atoms with Crippen LogP contribution in [0.25, 0.3) is 0 Å². The summed E-state index contributed by atoms with van der Waals surface area (Å²) >= 11 is 0. The molecule has 1 N–H and O–H groups in total. The third-order valence-electron chi connectivity index (χ3n) is 4.99. The highest BCUT2D eigenvalue weighted by Crippen LogP contribution is 2.17. The Kier molecular flexibility index (Phi) is 7.85. The van der Waals surface area contributed by atoms with E-state index in [4.69, 9.17) is 9.73 Å². The first kappa shape index (κ1) is 20.3. The summed E-state index contributed by atoms with van der Waals surface area (Å²) in [6, 6.07) is 17.2. The number of hydrogen-bond donors (Lipinski definition) is 1. The molecule has 0 radical (unpaired) electrons. The SMILES string of the molecule is CCNC(=NCCc1ccccc1F)N1CCC(COCc2ccccc2)C1. The molecule has 0 aliphatic carbocycles. The standard InChI is InChI=1S/C23H30FN3O/c1-2-25-23(26-14-12-21-10-6-7-11-22(21)24)27-15-13-20(16-27)18-28-17-19-8-4-3-5-9-19/h3-11,20H,2,12-18H2,1H3,(H,25,26). The van der Waals surface area contributed by atoms with Crippen LogP contribution in [0.2, 0.25) is 0 Å². The predicted octanol–water partition coefficient (Wildman–Crippen LogP) is 3.87. The number of benzene rings is 2. The number of hydrogen-bond acceptors (Lipinski definition) is 2. The maximum absolute atomic E-state index is 13.8. The average Bonchev–Trinajstić information content (AvgIpc) is 3.18. The predicted molar refractivity (Wildman–Crippen MR) is 112 cm³/mol. The van der Waals surface area contributed by atoms with Gasteiger partial charge in [0.1, 0.15) is 5.82 Å². The number of halogens is 1. The van der Waals surface area contributed by atoms with Crippen molar-refractivity contribution in [2.45, 2.75) is 26.4 Å². The lowest BCUT2D eigenvalue weighted by molar-refractivity contribution is 0.0907. The van der Waals surface area contributed by atoms with Gasteiger partial charge in [0.25, 0.3) is 0 Å². The Morgan fingerprint density at radius 2 is 1.96 bits per heavy atom. The van der Waals surface area contributed by atoms with E-state index in [1.807, 2.05) is 30.3 Å². The van der Waals surface area contributed by atoms with Crippen molar-refractivity contribution in [1.29, 1.82) is 0 Å². The van der Waals surface area contributed by atoms with Crippen LogP contribution in [0, 0.1) is 11.7 Å². The Morgan fingerprint density at radius 3 is 2.75 bits per heavy atom. The molecule has 1 aliphatic rings. The molecule has 0 saturated carbocycles. The molecule has 0 amide bonds. The summed E-state index contributed by atoms with van der Waals surface area (Å²) in [4.78, 5) is 7.01. The van der Waals surface area contributed by atoms with Crippen LogP contribution in [0.4, 0.5) is 4.39 Å². The van der Waals surface area contributed by atoms with Crippen molar-refractivity contribution in [3.8, 4) is 0 Å². The van der Waals surface area contributed by atoms with E-state index in [0.717, 1.165) is 44.2 Å². The quantitative estimate of drug-likeness (QED) is 0.555. The third-order valence-corrected chi connectivity index (χ3v) is 4.99. The zero-order valence-corrected chi connectivity index (χ0v) is 16.6. The Bertz CT molecular complexity index is 751. The minimum Gasteiger partial charge on any atom is -0.376 e. The molecular formula is C23H30FN3O. The van der Waals surface area contributed by atoms with Gasteiger partial charge in [-0.15, -0.1) is 0 Å². The van der Waals surface area contributed by atoms with E-state index in [1.54, 1.807) is 6.07 Å². The largest absolute Gasteiger partial charge is 0.376 e. The van der Waals surface area contributed by atoms with Gasteiger partial charge >= 0.3 is 0 Å². The van der Waals surface area contributed by atoms with E-state index in [-0.39, 0.29) is 5.82 Å². The van der Waals surface area contributed by atoms with Crippen molar-refractivity contribution in [3.63, 3.8) is 0 Å². The van der Waals surface area contributed by atoms with Gasteiger partial charge in [-0.05, 0) is 37.0 Å². The summed E-state index contributed by atoms with van der Waals surface area (Å²) < 4.78 is 19.7. The molecule has 3 rings (SSSR count). The normalized spacial score (nSPS) is 17.1. The molecule has 0 aromatic heterocycles. The van der Waals surface area contributed by atoms with Crippen LogP contribution in [0.15, 0.2) is 59.6 Å². The molecule has 5 heteroatoms. The highest BCUT2D eigenvalue weighted by Gasteiger charge is 2.25. The van der Waals surface area contributed by atoms with Gasteiger partial charge in [-0.3, -0.25) is 4.99 Å². The number of guanidine groups is 1. The molecule has 1 heterocycles. The van der Waals surface area contributed by atoms with Crippen LogP contribution in [0.1, 0.15) is 24.5 Å². The van der Waals surface area contributed by atoms with E-state index in [0.29, 0.717) is 25.5 Å². The van der Waals surface area contributed by atoms with E-state index in [9.17, 15) is 4.39 Å². The zero-order chi connectivity index (χ0) is 19.6. The smallest absolute Gasteiger partial charge is 0.193 e. The Balaban J connectivity index is 1.46. The van der Waals surface area contributed by atoms with Gasteiger partial charge in [0.15, 0.2) is 5.96 Å². The highest BCUT2D eigenvalue weighted by molar-refractivity contribution is 5.80. The van der Waals surface area contributed by atoms with Crippen molar-refractivity contribution in [2.75, 3.05) is 32.8 Å². The summed E-state index contributed by atoms with van der Waals surface area (Å²) in [6.45, 7) is 6.82. The lowest BCUT2D eigenvalue weighted by Crippen LogP contribution is -2.40. The summed E-state index contributed by atoms with van der Waals surface area (Å²) in [6.07, 6.45) is 1.71. The molecule has 1 fully saturated rings. The molecule has 2 aromatic rings. The first-order valence-electron chi connectivity index (χ1n) is 10.1. The molecule has 0 bridgehead atoms. The Hall–Kier alpha value is -2.40. The zero-order valence-electron chi connectivity index (χ0n) is 16.6. The fraction of sp³-hybridized carbons (Fsp3) is 0.435. The maximum atomic E-state index is 13.8. The molecule has 0 spiro atoms. The summed E-state index contributed by atoms with van der Waals surface area (Å²) in [5.74, 6) is 1.28. The molecule has 1 unspecified atom stereocenters. The fourth-order valence-electron chi connectivity index (χ4n) is 3.49. The second-order valence-corrected chi connectivity index (χ2v) is 7.18. The van der Waals surface area contributed by atoms with Gasteiger partial charge in [0.05, 0.1) is 13.2 Å². The summed E-state index contributed by atoms with van der Waals surface area (Å²) in [5, 5.41) is 3.37. The van der Waals surface area contributed by atoms with E-state index in [2.05, 4.69) is 29.3 Å². The van der Waals surface area contributed by atoms with Gasteiger partial charge < -0.3 is 15.0 Å². The third kappa shape index (κ3) is 6.06. The van der Waals surface area contributed by atoms with Crippen molar-refractivity contribution in [1.82, 2.24) is 10.2 Å². The van der Waals surface area contributed by atoms with Crippen LogP contribution in [0.5, 0.6) is 0 Å². The van der Waals surface area contributed by atoms with Crippen molar-refractivity contribution in [3.05, 3.63) is 71.5 Å². The number of aliphatic imine (C=N–C) groups is 1. The molecule has 1 saturated heterocycles. The second-order valence-electron chi connectivity index (χ2n) is 7.18. The average molecular weight is 384 g/mol. The number of ether oxygens (including phenoxy) is 1. The summed E-state index contributed by atoms with van der Waals surface area (Å²) in [5.41, 5.74) is 1.93. The first-order valence-corrected chi connectivity index (χ1v) is 10.1. The number of nitrogens with zero attached hydrogens (tertiary/aromatic N) is 2. The topological polar surface area (TPSA) is 36.9 Å². The highest BCUT2D eigenvalue weighted by atomic mass is 19.1. The second kappa shape index (κ2) is 10.8. The molecule has 150 valence electrons. The molecule has 1 aliphatic heterocycles. The van der Waals surface area contributed by atoms with Crippen LogP contribution >= 0.6 is 0 Å². The van der Waals surface area contributed by atoms with Gasteiger partial charge in [-0.25, -0.2) is 4.39 Å². The number of likely N-dealkylation sites (tertiary alicyclic amines) is 1. The van der Waals surface area contributed by atoms with Crippen LogP contribution in [-0.2, 0) is 17.8 Å². The monoisotopic (exact) mass is 383 g/mol. The van der Waals surface area contributed by atoms with Gasteiger partial charge in [-0.1, -0.05) is 48.5 Å². The molecule has 4 nitrogen and oxygen atoms in total. The van der Waals surface area contributed by atoms with E-state index >= 15 is 0 Å². The molecular weight excluding hydrogens is 353 g/mol. The number of rotatable bonds is 8. The summed E-state index contributed by atoms with van der Waals surface area (Å²) in [7, 11) is 0. The van der Waals surface area contributed by atoms with Gasteiger partial charge in [0, 0.05) is 32.1 Å². The lowest BCUT2D eigenvalue weighted by atomic mass is 10.1. The minimum atomic E-state index is -0.153. The van der Waals surface area contributed by atoms with Gasteiger partial charge in [0.2, 0.25) is 0 Å². The first-order chi connectivity index (χ1) is 13.8. The molecule has 2 aromatic carbocycles.